The van der Waals surface area contributed by atoms with Crippen molar-refractivity contribution in [1.29, 1.82) is 0 Å². The van der Waals surface area contributed by atoms with Crippen molar-refractivity contribution in [3.8, 4) is 28.7 Å². The zero-order valence-electron chi connectivity index (χ0n) is 73.4. The van der Waals surface area contributed by atoms with E-state index in [1.807, 2.05) is 19.9 Å². The van der Waals surface area contributed by atoms with Gasteiger partial charge >= 0.3 is 64.3 Å². The van der Waals surface area contributed by atoms with Crippen molar-refractivity contribution >= 4 is 215 Å². The molecule has 41 heteroatoms. The molecule has 14 aromatic rings. The monoisotopic (exact) mass is 1900 g/mol. The number of para-hydroxylation sites is 2. The van der Waals surface area contributed by atoms with Gasteiger partial charge in [-0.2, -0.15) is 0 Å². The van der Waals surface area contributed by atoms with E-state index in [1.165, 1.54) is 155 Å². The number of carbonyl (C=O) groups is 10. The molecule has 15 rings (SSSR count). The van der Waals surface area contributed by atoms with Crippen molar-refractivity contribution in [2.24, 2.45) is 0 Å². The number of hydrogen-bond donors (Lipinski definition) is 6. The van der Waals surface area contributed by atoms with Gasteiger partial charge in [-0.25, -0.2) is 52.7 Å². The van der Waals surface area contributed by atoms with Crippen LogP contribution in [0.5, 0.6) is 28.7 Å². The molecule has 0 saturated heterocycles. The molecule has 1 saturated carbocycles. The summed E-state index contributed by atoms with van der Waals surface area (Å²) < 4.78 is 55.1. The van der Waals surface area contributed by atoms with Crippen LogP contribution in [0.25, 0.3) is 51.4 Å². The highest BCUT2D eigenvalue weighted by Gasteiger charge is 2.27. The van der Waals surface area contributed by atoms with Crippen LogP contribution in [0.2, 0.25) is 0 Å². The van der Waals surface area contributed by atoms with Crippen molar-refractivity contribution in [1.82, 2.24) is 5.32 Å². The van der Waals surface area contributed by atoms with E-state index in [-0.39, 0.29) is 75.1 Å². The molecular formula is C91H88N10O26S5. The number of rotatable bonds is 22. The number of hydrogen-bond acceptors (Lipinski definition) is 30. The van der Waals surface area contributed by atoms with Gasteiger partial charge in [-0.3, -0.25) is 43.7 Å². The lowest BCUT2D eigenvalue weighted by Crippen LogP contribution is -2.43. The van der Waals surface area contributed by atoms with Crippen molar-refractivity contribution in [2.45, 2.75) is 79.7 Å². The maximum Gasteiger partial charge on any atom is 0.351 e. The highest BCUT2D eigenvalue weighted by molar-refractivity contribution is 7.24. The Hall–Kier alpha value is -15.1. The number of methoxy groups -OCH3 is 3. The first kappa shape index (κ1) is 97.5. The zero-order chi connectivity index (χ0) is 95.6. The lowest BCUT2D eigenvalue weighted by atomic mass is 9.96. The Morgan fingerprint density at radius 3 is 1.08 bits per heavy atom. The molecule has 10 aromatic heterocycles. The van der Waals surface area contributed by atoms with Crippen LogP contribution in [0.1, 0.15) is 125 Å². The highest BCUT2D eigenvalue weighted by atomic mass is 32.1. The van der Waals surface area contributed by atoms with Gasteiger partial charge in [0, 0.05) is 101 Å². The number of anilines is 9. The van der Waals surface area contributed by atoms with E-state index in [2.05, 4.69) is 26.6 Å². The topological polar surface area (TPSA) is 464 Å². The number of nitrogens with zero attached hydrogens (tertiary/aromatic N) is 5. The molecule has 36 nitrogen and oxygen atoms in total. The number of thiophene rings is 5. The van der Waals surface area contributed by atoms with E-state index in [9.17, 15) is 71.9 Å². The third-order valence-corrected chi connectivity index (χ3v) is 25.4. The van der Waals surface area contributed by atoms with Crippen LogP contribution < -0.4 is 103 Å². The predicted octanol–water partition coefficient (Wildman–Crippen LogP) is 18.8. The Balaban J connectivity index is 0.000000159. The van der Waals surface area contributed by atoms with Gasteiger partial charge < -0.3 is 77.5 Å². The van der Waals surface area contributed by atoms with Crippen LogP contribution in [0.3, 0.4) is 0 Å². The summed E-state index contributed by atoms with van der Waals surface area (Å²) in [6.45, 7) is 9.98. The highest BCUT2D eigenvalue weighted by Crippen LogP contribution is 2.39. The first-order chi connectivity index (χ1) is 63.0. The number of benzene rings is 4. The van der Waals surface area contributed by atoms with Gasteiger partial charge in [0.15, 0.2) is 62.5 Å². The number of Topliss-reactive ketones (excluding diaryl/α,β-unsaturated/α-hetero) is 4. The summed E-state index contributed by atoms with van der Waals surface area (Å²) in [7, 11) is 12.6. The lowest BCUT2D eigenvalue weighted by molar-refractivity contribution is 0.0691. The molecule has 1 aliphatic rings. The first-order valence-electron chi connectivity index (χ1n) is 40.2. The molecule has 4 aromatic carbocycles. The smallest absolute Gasteiger partial charge is 0.351 e. The van der Waals surface area contributed by atoms with E-state index in [1.54, 1.807) is 152 Å². The first-order valence-corrected chi connectivity index (χ1v) is 44.2. The maximum absolute atomic E-state index is 12.6. The summed E-state index contributed by atoms with van der Waals surface area (Å²) >= 11 is 6.19. The number of nitrogens with one attached hydrogen (secondary N) is 5. The lowest BCUT2D eigenvalue weighted by Gasteiger charge is -2.25. The number of amides is 10. The van der Waals surface area contributed by atoms with Gasteiger partial charge in [-0.15, -0.1) is 56.7 Å². The molecule has 0 spiro atoms. The largest absolute Gasteiger partial charge is 0.497 e. The number of fused-ring (bicyclic) bond motifs is 5. The van der Waals surface area contributed by atoms with Crippen molar-refractivity contribution < 1.29 is 98.8 Å². The van der Waals surface area contributed by atoms with Gasteiger partial charge in [0.05, 0.1) is 63.7 Å². The molecule has 0 radical (unpaired) electrons. The third kappa shape index (κ3) is 24.1. The summed E-state index contributed by atoms with van der Waals surface area (Å²) in [4.78, 5) is 185. The molecule has 1 fully saturated rings. The number of carboxylic acids is 1. The van der Waals surface area contributed by atoms with Crippen molar-refractivity contribution in [2.75, 3.05) is 116 Å². The minimum absolute atomic E-state index is 0.00348. The normalized spacial score (nSPS) is 11.5. The fraction of sp³-hybridized carbons (Fsp3) is 0.242. The molecule has 10 heterocycles. The van der Waals surface area contributed by atoms with Crippen LogP contribution >= 0.6 is 56.7 Å². The SMILES string of the molecule is CC(=O)c1cc2sc(N(C)C(=O)NC3CCCCC3)cc2oc1=O.CCOc1cccc(NC(=O)N(C)c2cc3oc(=O)c(C(=O)O)cc3s2)c1.CCOc1ccccc1NC(=O)N(C)c1cc2oc(=O)c(C(C)=O)cc2s1.COc1ccc(NC(=O)N(C)c2cc3oc(=O)c(C(C)=O)cc3s2)cc1.COc1ccc(NC(=O)N(C)c2cc3oc(=O)c(C(C)=O)cc3s2)cc1OC. The fourth-order valence-electron chi connectivity index (χ4n) is 12.6. The molecule has 0 bridgehead atoms. The van der Waals surface area contributed by atoms with Gasteiger partial charge in [-0.05, 0) is 145 Å². The summed E-state index contributed by atoms with van der Waals surface area (Å²) in [6, 6.07) is 39.9. The summed E-state index contributed by atoms with van der Waals surface area (Å²) in [6.07, 6.45) is 5.56. The Kier molecular flexibility index (Phi) is 32.4. The zero-order valence-corrected chi connectivity index (χ0v) is 77.5. The van der Waals surface area contributed by atoms with E-state index in [4.69, 9.17) is 50.9 Å². The molecule has 0 aliphatic heterocycles. The molecule has 132 heavy (non-hydrogen) atoms. The van der Waals surface area contributed by atoms with Crippen LogP contribution in [-0.4, -0.2) is 140 Å². The number of aromatic carboxylic acids is 1. The van der Waals surface area contributed by atoms with Crippen LogP contribution in [0.15, 0.2) is 198 Å². The number of carboxylic acid groups (broad SMARTS) is 1. The Bertz CT molecular complexity index is 7050. The molecular weight excluding hydrogens is 1810 g/mol. The predicted molar refractivity (Wildman–Crippen MR) is 510 cm³/mol. The second-order valence-corrected chi connectivity index (χ2v) is 34.1. The van der Waals surface area contributed by atoms with Crippen LogP contribution in [-0.2, 0) is 0 Å². The Morgan fingerprint density at radius 2 is 0.705 bits per heavy atom. The Labute approximate surface area is 770 Å². The number of carbonyl (C=O) groups excluding carboxylic acids is 9. The molecule has 10 amide bonds. The third-order valence-electron chi connectivity index (χ3n) is 19.7. The Morgan fingerprint density at radius 1 is 0.356 bits per heavy atom. The van der Waals surface area contributed by atoms with E-state index in [0.29, 0.717) is 136 Å². The second kappa shape index (κ2) is 43.8. The summed E-state index contributed by atoms with van der Waals surface area (Å²) in [5.74, 6) is 0.170. The summed E-state index contributed by atoms with van der Waals surface area (Å²) in [5.41, 5.74) is -0.193. The number of ether oxygens (including phenoxy) is 5. The molecule has 6 N–H and O–H groups in total. The average Bonchev–Trinajstić information content (AvgIpc) is 1.67. The standard InChI is InChI=1S/C19H18N2O6S.C19H18N2O5S.C18H16N2O6S.C18H16N2O5S.C17H20N2O4S/c1-10(22)12-8-16-15(27-18(12)23)9-17(28-16)21(2)19(24)20-11-5-6-13(25-3)14(7-11)26-4;1-4-25-14-8-6-5-7-13(14)20-19(24)21(3)17-10-15-16(27-17)9-12(11(2)22)18(23)26-15;1-3-25-11-6-4-5-10(7-11)19-18(24)20(2)15-9-13-14(27-15)8-12(16(21)22)17(23)26-13;1-10(21)13-8-15-14(25-17(13)22)9-16(26-15)20(2)18(23)19-11-4-6-12(24-3)7-5-11;1-10(20)12-8-14-13(23-16(12)21)9-15(24-14)19(2)17(22)18-11-6-4-3-5-7-11/h5-9H,1-4H3,(H,20,24);5-10H,4H2,1-3H3,(H,20,24);4-9H,3H2,1-2H3,(H,19,24)(H,21,22);4-9H,1-3H3,(H,19,23);8-9,11H,3-7H2,1-2H3,(H,18,22). The molecule has 0 unspecified atom stereocenters. The van der Waals surface area contributed by atoms with E-state index < -0.39 is 51.7 Å². The minimum Gasteiger partial charge on any atom is -0.497 e. The number of ketones is 4. The van der Waals surface area contributed by atoms with Crippen molar-refractivity contribution in [3.63, 3.8) is 0 Å². The second-order valence-electron chi connectivity index (χ2n) is 28.8. The molecule has 1 aliphatic carbocycles. The van der Waals surface area contributed by atoms with Gasteiger partial charge in [0.1, 0.15) is 70.1 Å². The maximum atomic E-state index is 12.6. The van der Waals surface area contributed by atoms with Crippen LogP contribution in [0.4, 0.5) is 71.7 Å². The number of urea groups is 5. The van der Waals surface area contributed by atoms with Crippen molar-refractivity contribution in [3.05, 3.63) is 232 Å². The van der Waals surface area contributed by atoms with Gasteiger partial charge in [-0.1, -0.05) is 37.5 Å². The summed E-state index contributed by atoms with van der Waals surface area (Å²) in [5, 5.41) is 26.0. The molecule has 0 atom stereocenters. The minimum atomic E-state index is -1.36. The fourth-order valence-corrected chi connectivity index (χ4v) is 17.5. The van der Waals surface area contributed by atoms with Gasteiger partial charge in [0.25, 0.3) is 0 Å². The van der Waals surface area contributed by atoms with Crippen LogP contribution in [0, 0.1) is 0 Å². The average molecular weight is 1900 g/mol. The van der Waals surface area contributed by atoms with E-state index >= 15 is 0 Å². The van der Waals surface area contributed by atoms with Gasteiger partial charge in [0.2, 0.25) is 0 Å². The quantitative estimate of drug-likeness (QED) is 0.0343. The molecule has 688 valence electrons. The van der Waals surface area contributed by atoms with E-state index in [0.717, 1.165) is 37.0 Å².